The maximum absolute atomic E-state index is 12.3. The predicted molar refractivity (Wildman–Crippen MR) is 83.5 cm³/mol. The highest BCUT2D eigenvalue weighted by atomic mass is 35.5. The fourth-order valence-electron chi connectivity index (χ4n) is 2.90. The highest BCUT2D eigenvalue weighted by Crippen LogP contribution is 2.27. The fourth-order valence-corrected chi connectivity index (χ4v) is 4.89. The van der Waals surface area contributed by atoms with Crippen LogP contribution in [0.1, 0.15) is 37.7 Å². The molecule has 1 saturated carbocycles. The SMILES string of the molecule is NC(CS(=O)(=O)Cc1ccccc1Cl)C1CCCCC1. The van der Waals surface area contributed by atoms with Gasteiger partial charge in [-0.2, -0.15) is 0 Å². The van der Waals surface area contributed by atoms with Gasteiger partial charge >= 0.3 is 0 Å². The van der Waals surface area contributed by atoms with E-state index in [0.29, 0.717) is 16.5 Å². The number of nitrogens with two attached hydrogens (primary N) is 1. The lowest BCUT2D eigenvalue weighted by Gasteiger charge is -2.27. The fraction of sp³-hybridized carbons (Fsp3) is 0.600. The lowest BCUT2D eigenvalue weighted by Crippen LogP contribution is -2.38. The number of halogens is 1. The first-order valence-corrected chi connectivity index (χ1v) is 9.37. The molecule has 0 aromatic heterocycles. The van der Waals surface area contributed by atoms with Gasteiger partial charge in [-0.3, -0.25) is 0 Å². The molecular weight excluding hydrogens is 294 g/mol. The summed E-state index contributed by atoms with van der Waals surface area (Å²) in [5.41, 5.74) is 6.77. The van der Waals surface area contributed by atoms with Gasteiger partial charge in [0.25, 0.3) is 0 Å². The molecule has 3 nitrogen and oxygen atoms in total. The van der Waals surface area contributed by atoms with Gasteiger partial charge < -0.3 is 5.73 Å². The Morgan fingerprint density at radius 3 is 2.50 bits per heavy atom. The van der Waals surface area contributed by atoms with Crippen LogP contribution >= 0.6 is 11.6 Å². The highest BCUT2D eigenvalue weighted by molar-refractivity contribution is 7.90. The molecule has 1 unspecified atom stereocenters. The van der Waals surface area contributed by atoms with Crippen LogP contribution in [0, 0.1) is 5.92 Å². The smallest absolute Gasteiger partial charge is 0.156 e. The summed E-state index contributed by atoms with van der Waals surface area (Å²) in [4.78, 5) is 0. The average molecular weight is 316 g/mol. The van der Waals surface area contributed by atoms with Crippen molar-refractivity contribution < 1.29 is 8.42 Å². The quantitative estimate of drug-likeness (QED) is 0.908. The Hall–Kier alpha value is -0.580. The van der Waals surface area contributed by atoms with E-state index >= 15 is 0 Å². The first kappa shape index (κ1) is 15.8. The minimum Gasteiger partial charge on any atom is -0.327 e. The summed E-state index contributed by atoms with van der Waals surface area (Å²) in [5, 5.41) is 0.502. The Bertz CT molecular complexity index is 539. The van der Waals surface area contributed by atoms with Crippen LogP contribution in [-0.4, -0.2) is 20.2 Å². The standard InChI is InChI=1S/C15H22ClNO2S/c16-14-9-5-4-8-13(14)10-20(18,19)11-15(17)12-6-2-1-3-7-12/h4-5,8-9,12,15H,1-3,6-7,10-11,17H2. The molecule has 0 aliphatic heterocycles. The Kier molecular flexibility index (Phi) is 5.47. The summed E-state index contributed by atoms with van der Waals surface area (Å²) in [7, 11) is -3.22. The maximum Gasteiger partial charge on any atom is 0.156 e. The molecular formula is C15H22ClNO2S. The molecule has 5 heteroatoms. The number of hydrogen-bond acceptors (Lipinski definition) is 3. The van der Waals surface area contributed by atoms with Crippen molar-refractivity contribution >= 4 is 21.4 Å². The Balaban J connectivity index is 1.98. The van der Waals surface area contributed by atoms with E-state index < -0.39 is 9.84 Å². The molecule has 1 aromatic carbocycles. The molecule has 1 aliphatic carbocycles. The van der Waals surface area contributed by atoms with Crippen molar-refractivity contribution in [1.29, 1.82) is 0 Å². The van der Waals surface area contributed by atoms with Crippen LogP contribution in [0.3, 0.4) is 0 Å². The van der Waals surface area contributed by atoms with Gasteiger partial charge in [0.2, 0.25) is 0 Å². The Morgan fingerprint density at radius 2 is 1.85 bits per heavy atom. The first-order chi connectivity index (χ1) is 9.48. The second kappa shape index (κ2) is 6.92. The zero-order valence-electron chi connectivity index (χ0n) is 11.6. The van der Waals surface area contributed by atoms with Gasteiger partial charge in [0.05, 0.1) is 11.5 Å². The number of hydrogen-bond donors (Lipinski definition) is 1. The van der Waals surface area contributed by atoms with E-state index in [1.54, 1.807) is 24.3 Å². The normalized spacial score (nSPS) is 18.9. The molecule has 0 bridgehead atoms. The monoisotopic (exact) mass is 315 g/mol. The molecule has 112 valence electrons. The summed E-state index contributed by atoms with van der Waals surface area (Å²) < 4.78 is 24.5. The molecule has 1 fully saturated rings. The van der Waals surface area contributed by atoms with Crippen LogP contribution in [0.4, 0.5) is 0 Å². The second-order valence-electron chi connectivity index (χ2n) is 5.71. The molecule has 1 aromatic rings. The van der Waals surface area contributed by atoms with Gasteiger partial charge in [-0.25, -0.2) is 8.42 Å². The molecule has 2 N–H and O–H groups in total. The van der Waals surface area contributed by atoms with Crippen molar-refractivity contribution in [2.75, 3.05) is 5.75 Å². The van der Waals surface area contributed by atoms with E-state index in [0.717, 1.165) is 12.8 Å². The van der Waals surface area contributed by atoms with E-state index in [1.165, 1.54) is 19.3 Å². The molecule has 20 heavy (non-hydrogen) atoms. The van der Waals surface area contributed by atoms with Crippen LogP contribution in [0.25, 0.3) is 0 Å². The third-order valence-corrected chi connectivity index (χ3v) is 6.05. The second-order valence-corrected chi connectivity index (χ2v) is 8.22. The lowest BCUT2D eigenvalue weighted by molar-refractivity contribution is 0.317. The van der Waals surface area contributed by atoms with Crippen molar-refractivity contribution in [3.63, 3.8) is 0 Å². The Morgan fingerprint density at radius 1 is 1.20 bits per heavy atom. The van der Waals surface area contributed by atoms with Gasteiger partial charge in [0, 0.05) is 11.1 Å². The number of rotatable bonds is 5. The van der Waals surface area contributed by atoms with Crippen molar-refractivity contribution in [3.8, 4) is 0 Å². The molecule has 0 heterocycles. The number of sulfone groups is 1. The summed E-state index contributed by atoms with van der Waals surface area (Å²) in [5.74, 6) is 0.389. The molecule has 0 amide bonds. The van der Waals surface area contributed by atoms with Crippen LogP contribution in [-0.2, 0) is 15.6 Å². The summed E-state index contributed by atoms with van der Waals surface area (Å²) in [6, 6.07) is 6.83. The third-order valence-electron chi connectivity index (χ3n) is 4.03. The lowest BCUT2D eigenvalue weighted by atomic mass is 9.85. The first-order valence-electron chi connectivity index (χ1n) is 7.17. The van der Waals surface area contributed by atoms with Crippen LogP contribution in [0.5, 0.6) is 0 Å². The van der Waals surface area contributed by atoms with Crippen molar-refractivity contribution in [1.82, 2.24) is 0 Å². The molecule has 0 spiro atoms. The molecule has 2 rings (SSSR count). The van der Waals surface area contributed by atoms with Gasteiger partial charge in [0.1, 0.15) is 0 Å². The zero-order chi connectivity index (χ0) is 14.6. The molecule has 0 saturated heterocycles. The number of benzene rings is 1. The van der Waals surface area contributed by atoms with Crippen molar-refractivity contribution in [2.45, 2.75) is 43.9 Å². The Labute approximate surface area is 126 Å². The van der Waals surface area contributed by atoms with Crippen LogP contribution in [0.15, 0.2) is 24.3 Å². The van der Waals surface area contributed by atoms with E-state index in [4.69, 9.17) is 17.3 Å². The average Bonchev–Trinajstić information content (AvgIpc) is 2.41. The van der Waals surface area contributed by atoms with E-state index in [-0.39, 0.29) is 17.5 Å². The van der Waals surface area contributed by atoms with Gasteiger partial charge in [0.15, 0.2) is 9.84 Å². The van der Waals surface area contributed by atoms with Gasteiger partial charge in [-0.05, 0) is 30.4 Å². The predicted octanol–water partition coefficient (Wildman–Crippen LogP) is 3.16. The zero-order valence-corrected chi connectivity index (χ0v) is 13.2. The molecule has 0 radical (unpaired) electrons. The van der Waals surface area contributed by atoms with Crippen LogP contribution in [0.2, 0.25) is 5.02 Å². The molecule has 1 atom stereocenters. The van der Waals surface area contributed by atoms with Crippen LogP contribution < -0.4 is 5.73 Å². The highest BCUT2D eigenvalue weighted by Gasteiger charge is 2.25. The molecule has 1 aliphatic rings. The minimum atomic E-state index is -3.22. The summed E-state index contributed by atoms with van der Waals surface area (Å²) >= 11 is 6.02. The van der Waals surface area contributed by atoms with Crippen molar-refractivity contribution in [2.24, 2.45) is 11.7 Å². The van der Waals surface area contributed by atoms with E-state index in [9.17, 15) is 8.42 Å². The maximum atomic E-state index is 12.3. The van der Waals surface area contributed by atoms with Crippen molar-refractivity contribution in [3.05, 3.63) is 34.9 Å². The largest absolute Gasteiger partial charge is 0.327 e. The third kappa shape index (κ3) is 4.47. The van der Waals surface area contributed by atoms with E-state index in [1.807, 2.05) is 0 Å². The minimum absolute atomic E-state index is 0.0207. The van der Waals surface area contributed by atoms with Gasteiger partial charge in [-0.1, -0.05) is 49.1 Å². The summed E-state index contributed by atoms with van der Waals surface area (Å²) in [6.45, 7) is 0. The topological polar surface area (TPSA) is 60.2 Å². The van der Waals surface area contributed by atoms with E-state index in [2.05, 4.69) is 0 Å². The van der Waals surface area contributed by atoms with Gasteiger partial charge in [-0.15, -0.1) is 0 Å². The summed E-state index contributed by atoms with van der Waals surface area (Å²) in [6.07, 6.45) is 5.70.